The maximum Gasteiger partial charge on any atom is 0.278 e. The average molecular weight is 383 g/mol. The second-order valence-corrected chi connectivity index (χ2v) is 7.66. The summed E-state index contributed by atoms with van der Waals surface area (Å²) in [5.41, 5.74) is 1.05. The van der Waals surface area contributed by atoms with Gasteiger partial charge in [-0.05, 0) is 44.1 Å². The number of hydrogen-bond acceptors (Lipinski definition) is 6. The first-order chi connectivity index (χ1) is 13.0. The van der Waals surface area contributed by atoms with E-state index in [9.17, 15) is 9.90 Å². The molecule has 140 valence electrons. The van der Waals surface area contributed by atoms with Crippen LogP contribution in [0.1, 0.15) is 31.0 Å². The first-order valence-corrected chi connectivity index (χ1v) is 10.1. The molecule has 3 aromatic rings. The van der Waals surface area contributed by atoms with E-state index in [-0.39, 0.29) is 5.56 Å². The minimum absolute atomic E-state index is 0.191. The van der Waals surface area contributed by atoms with E-state index < -0.39 is 5.60 Å². The molecule has 0 amide bonds. The summed E-state index contributed by atoms with van der Waals surface area (Å²) in [7, 11) is 0. The number of aryl methyl sites for hydroxylation is 1. The van der Waals surface area contributed by atoms with Crippen LogP contribution >= 0.6 is 11.8 Å². The van der Waals surface area contributed by atoms with Gasteiger partial charge in [0.15, 0.2) is 16.6 Å². The van der Waals surface area contributed by atoms with Crippen LogP contribution in [0.25, 0.3) is 16.9 Å². The number of rotatable bonds is 4. The van der Waals surface area contributed by atoms with Crippen molar-refractivity contribution < 1.29 is 5.11 Å². The summed E-state index contributed by atoms with van der Waals surface area (Å²) in [5, 5.41) is 11.8. The van der Waals surface area contributed by atoms with Crippen molar-refractivity contribution in [2.45, 2.75) is 43.5 Å². The fraction of sp³-hybridized carbons (Fsp3) is 0.368. The molecule has 0 radical (unpaired) electrons. The molecular weight excluding hydrogens is 362 g/mol. The van der Waals surface area contributed by atoms with E-state index in [1.54, 1.807) is 28.6 Å². The Labute approximate surface area is 160 Å². The molecule has 4 rings (SSSR count). The molecule has 3 aromatic heterocycles. The molecule has 0 fully saturated rings. The van der Waals surface area contributed by atoms with Gasteiger partial charge in [-0.3, -0.25) is 4.79 Å². The second-order valence-electron chi connectivity index (χ2n) is 6.89. The van der Waals surface area contributed by atoms with Crippen molar-refractivity contribution in [1.29, 1.82) is 0 Å². The number of nitrogens with zero attached hydrogens (tertiary/aromatic N) is 5. The van der Waals surface area contributed by atoms with E-state index in [2.05, 4.69) is 16.5 Å². The fourth-order valence-corrected chi connectivity index (χ4v) is 3.97. The van der Waals surface area contributed by atoms with Crippen molar-refractivity contribution in [1.82, 2.24) is 24.3 Å². The first kappa shape index (κ1) is 17.9. The number of allylic oxidation sites excluding steroid dienone is 1. The van der Waals surface area contributed by atoms with Crippen molar-refractivity contribution in [3.05, 3.63) is 52.6 Å². The van der Waals surface area contributed by atoms with Crippen LogP contribution in [-0.2, 0) is 18.6 Å². The minimum atomic E-state index is -0.977. The molecule has 27 heavy (non-hydrogen) atoms. The molecule has 0 unspecified atom stereocenters. The molecule has 1 N–H and O–H groups in total. The highest BCUT2D eigenvalue weighted by Gasteiger charge is 2.32. The average Bonchev–Trinajstić information content (AvgIpc) is 2.93. The van der Waals surface area contributed by atoms with E-state index in [4.69, 9.17) is 4.98 Å². The third-order valence-electron chi connectivity index (χ3n) is 4.94. The molecule has 7 nitrogen and oxygen atoms in total. The van der Waals surface area contributed by atoms with Crippen molar-refractivity contribution in [3.63, 3.8) is 0 Å². The van der Waals surface area contributed by atoms with Gasteiger partial charge < -0.3 is 5.11 Å². The van der Waals surface area contributed by atoms with Gasteiger partial charge in [0.1, 0.15) is 11.0 Å². The SMILES string of the molecule is C=CCn1c(=O)c2cnc(SC)nc2n1-c1ccc2c(n1)[C@](C)(O)CCC2. The van der Waals surface area contributed by atoms with Gasteiger partial charge >= 0.3 is 0 Å². The summed E-state index contributed by atoms with van der Waals surface area (Å²) in [6.45, 7) is 5.87. The Kier molecular flexibility index (Phi) is 4.39. The molecule has 8 heteroatoms. The van der Waals surface area contributed by atoms with E-state index in [1.165, 1.54) is 11.8 Å². The van der Waals surface area contributed by atoms with Crippen LogP contribution in [0.5, 0.6) is 0 Å². The van der Waals surface area contributed by atoms with Gasteiger partial charge in [0.25, 0.3) is 5.56 Å². The molecule has 0 aromatic carbocycles. The van der Waals surface area contributed by atoms with Crippen molar-refractivity contribution in [3.8, 4) is 5.82 Å². The van der Waals surface area contributed by atoms with E-state index in [0.29, 0.717) is 40.7 Å². The maximum atomic E-state index is 12.9. The van der Waals surface area contributed by atoms with Crippen molar-refractivity contribution in [2.24, 2.45) is 0 Å². The van der Waals surface area contributed by atoms with Crippen LogP contribution in [0.2, 0.25) is 0 Å². The van der Waals surface area contributed by atoms with Gasteiger partial charge in [-0.25, -0.2) is 24.3 Å². The lowest BCUT2D eigenvalue weighted by Crippen LogP contribution is -2.29. The van der Waals surface area contributed by atoms with Gasteiger partial charge in [0.05, 0.1) is 12.2 Å². The highest BCUT2D eigenvalue weighted by atomic mass is 32.2. The van der Waals surface area contributed by atoms with Gasteiger partial charge in [-0.2, -0.15) is 0 Å². The maximum absolute atomic E-state index is 12.9. The van der Waals surface area contributed by atoms with E-state index >= 15 is 0 Å². The van der Waals surface area contributed by atoms with Crippen LogP contribution < -0.4 is 5.56 Å². The number of fused-ring (bicyclic) bond motifs is 2. The quantitative estimate of drug-likeness (QED) is 0.423. The predicted octanol–water partition coefficient (Wildman–Crippen LogP) is 2.43. The third kappa shape index (κ3) is 2.89. The normalized spacial score (nSPS) is 19.2. The summed E-state index contributed by atoms with van der Waals surface area (Å²) < 4.78 is 3.24. The Morgan fingerprint density at radius 2 is 2.22 bits per heavy atom. The lowest BCUT2D eigenvalue weighted by atomic mass is 9.84. The van der Waals surface area contributed by atoms with Crippen LogP contribution in [0.4, 0.5) is 0 Å². The molecule has 0 spiro atoms. The zero-order valence-corrected chi connectivity index (χ0v) is 16.2. The predicted molar refractivity (Wildman–Crippen MR) is 105 cm³/mol. The van der Waals surface area contributed by atoms with Crippen LogP contribution in [0.15, 0.2) is 40.9 Å². The van der Waals surface area contributed by atoms with Crippen molar-refractivity contribution in [2.75, 3.05) is 6.26 Å². The summed E-state index contributed by atoms with van der Waals surface area (Å²) in [6.07, 6.45) is 7.59. The zero-order chi connectivity index (χ0) is 19.2. The van der Waals surface area contributed by atoms with E-state index in [1.807, 2.05) is 18.4 Å². The number of aliphatic hydroxyl groups is 1. The lowest BCUT2D eigenvalue weighted by Gasteiger charge is -2.30. The Morgan fingerprint density at radius 3 is 2.96 bits per heavy atom. The Hall–Kier alpha value is -2.45. The molecule has 1 aliphatic rings. The topological polar surface area (TPSA) is 85.8 Å². The molecule has 1 aliphatic carbocycles. The monoisotopic (exact) mass is 383 g/mol. The molecule has 0 aliphatic heterocycles. The first-order valence-electron chi connectivity index (χ1n) is 8.83. The molecule has 0 bridgehead atoms. The molecule has 3 heterocycles. The van der Waals surface area contributed by atoms with Crippen molar-refractivity contribution >= 4 is 22.8 Å². The fourth-order valence-electron chi connectivity index (χ4n) is 3.64. The molecular formula is C19H21N5O2S. The van der Waals surface area contributed by atoms with Crippen LogP contribution in [-0.4, -0.2) is 35.7 Å². The number of aromatic nitrogens is 5. The zero-order valence-electron chi connectivity index (χ0n) is 15.3. The third-order valence-corrected chi connectivity index (χ3v) is 5.50. The summed E-state index contributed by atoms with van der Waals surface area (Å²) in [5.74, 6) is 0.552. The van der Waals surface area contributed by atoms with Gasteiger partial charge in [0.2, 0.25) is 0 Å². The largest absolute Gasteiger partial charge is 0.384 e. The molecule has 0 saturated heterocycles. The summed E-state index contributed by atoms with van der Waals surface area (Å²) in [6, 6.07) is 3.86. The molecule has 1 atom stereocenters. The van der Waals surface area contributed by atoms with Crippen LogP contribution in [0, 0.1) is 0 Å². The summed E-state index contributed by atoms with van der Waals surface area (Å²) in [4.78, 5) is 26.4. The number of thioether (sulfide) groups is 1. The minimum Gasteiger partial charge on any atom is -0.384 e. The molecule has 0 saturated carbocycles. The van der Waals surface area contributed by atoms with E-state index in [0.717, 1.165) is 18.4 Å². The Bertz CT molecular complexity index is 1100. The lowest BCUT2D eigenvalue weighted by molar-refractivity contribution is 0.0339. The smallest absolute Gasteiger partial charge is 0.278 e. The second kappa shape index (κ2) is 6.61. The van der Waals surface area contributed by atoms with Gasteiger partial charge in [-0.1, -0.05) is 23.9 Å². The van der Waals surface area contributed by atoms with Gasteiger partial charge in [0, 0.05) is 6.20 Å². The highest BCUT2D eigenvalue weighted by Crippen LogP contribution is 2.34. The number of hydrogen-bond donors (Lipinski definition) is 1. The van der Waals surface area contributed by atoms with Crippen LogP contribution in [0.3, 0.4) is 0 Å². The Balaban J connectivity index is 2.02. The standard InChI is InChI=1S/C19H21N5O2S/c1-4-10-23-17(25)13-11-20-18(27-3)22-16(13)24(23)14-8-7-12-6-5-9-19(2,26)15(12)21-14/h4,7-8,11,26H,1,5-6,9-10H2,2-3H3/t19-/m1/s1. The van der Waals surface area contributed by atoms with Gasteiger partial charge in [-0.15, -0.1) is 6.58 Å². The number of pyridine rings is 1. The Morgan fingerprint density at radius 1 is 1.41 bits per heavy atom. The highest BCUT2D eigenvalue weighted by molar-refractivity contribution is 7.98. The summed E-state index contributed by atoms with van der Waals surface area (Å²) >= 11 is 1.41.